The number of carbonyl (C=O) groups excluding carboxylic acids is 1. The van der Waals surface area contributed by atoms with Crippen LogP contribution >= 0.6 is 0 Å². The van der Waals surface area contributed by atoms with Crippen LogP contribution < -0.4 is 4.90 Å². The minimum absolute atomic E-state index is 0.319. The summed E-state index contributed by atoms with van der Waals surface area (Å²) >= 11 is 0. The van der Waals surface area contributed by atoms with Gasteiger partial charge in [0.05, 0.1) is 5.69 Å². The Morgan fingerprint density at radius 1 is 1.47 bits per heavy atom. The van der Waals surface area contributed by atoms with Gasteiger partial charge in [0.2, 0.25) is 0 Å². The van der Waals surface area contributed by atoms with Crippen LogP contribution in [0.3, 0.4) is 0 Å². The van der Waals surface area contributed by atoms with E-state index in [2.05, 4.69) is 17.9 Å². The molecule has 0 N–H and O–H groups in total. The van der Waals surface area contributed by atoms with E-state index in [-0.39, 0.29) is 0 Å². The number of nitrogens with zero attached hydrogens (tertiary/aromatic N) is 1. The van der Waals surface area contributed by atoms with E-state index in [4.69, 9.17) is 0 Å². The van der Waals surface area contributed by atoms with E-state index in [1.165, 1.54) is 17.7 Å². The van der Waals surface area contributed by atoms with Crippen molar-refractivity contribution in [2.45, 2.75) is 32.2 Å². The van der Waals surface area contributed by atoms with Gasteiger partial charge < -0.3 is 4.90 Å². The number of Topliss-reactive ketones (excluding diaryl/α,β-unsaturated/α-hetero) is 1. The Bertz CT molecular complexity index is 425. The van der Waals surface area contributed by atoms with Crippen LogP contribution in [0.1, 0.15) is 35.7 Å². The Balaban J connectivity index is 2.17. The molecule has 2 heterocycles. The third-order valence-electron chi connectivity index (χ3n) is 3.65. The highest BCUT2D eigenvalue weighted by atomic mass is 16.1. The van der Waals surface area contributed by atoms with Gasteiger partial charge in [0.25, 0.3) is 0 Å². The normalized spacial score (nSPS) is 23.1. The molecule has 2 aliphatic heterocycles. The predicted molar refractivity (Wildman–Crippen MR) is 60.5 cm³/mol. The van der Waals surface area contributed by atoms with Gasteiger partial charge in [-0.15, -0.1) is 0 Å². The van der Waals surface area contributed by atoms with Gasteiger partial charge in [-0.3, -0.25) is 4.79 Å². The first-order chi connectivity index (χ1) is 7.31. The Labute approximate surface area is 89.9 Å². The van der Waals surface area contributed by atoms with Gasteiger partial charge >= 0.3 is 0 Å². The fourth-order valence-corrected chi connectivity index (χ4v) is 2.88. The van der Waals surface area contributed by atoms with Crippen molar-refractivity contribution < 1.29 is 4.79 Å². The van der Waals surface area contributed by atoms with E-state index in [9.17, 15) is 4.79 Å². The summed E-state index contributed by atoms with van der Waals surface area (Å²) < 4.78 is 0. The maximum Gasteiger partial charge on any atom is 0.166 e. The summed E-state index contributed by atoms with van der Waals surface area (Å²) in [5.41, 5.74) is 3.56. The van der Waals surface area contributed by atoms with Crippen LogP contribution in [0.5, 0.6) is 0 Å². The Kier molecular flexibility index (Phi) is 1.84. The zero-order valence-corrected chi connectivity index (χ0v) is 8.99. The van der Waals surface area contributed by atoms with E-state index in [1.54, 1.807) is 0 Å². The highest BCUT2D eigenvalue weighted by molar-refractivity contribution is 6.04. The molecular weight excluding hydrogens is 186 g/mol. The average Bonchev–Trinajstić information content (AvgIpc) is 2.63. The Morgan fingerprint density at radius 2 is 2.33 bits per heavy atom. The number of anilines is 1. The van der Waals surface area contributed by atoms with Crippen molar-refractivity contribution in [3.05, 3.63) is 29.3 Å². The predicted octanol–water partition coefficient (Wildman–Crippen LogP) is 2.41. The number of para-hydroxylation sites is 1. The van der Waals surface area contributed by atoms with Crippen LogP contribution in [0, 0.1) is 0 Å². The minimum atomic E-state index is 0.319. The van der Waals surface area contributed by atoms with Crippen molar-refractivity contribution in [1.29, 1.82) is 0 Å². The van der Waals surface area contributed by atoms with E-state index in [0.29, 0.717) is 18.2 Å². The summed E-state index contributed by atoms with van der Waals surface area (Å²) in [6.07, 6.45) is 2.97. The Hall–Kier alpha value is -1.31. The van der Waals surface area contributed by atoms with Gasteiger partial charge in [-0.1, -0.05) is 19.1 Å². The monoisotopic (exact) mass is 201 g/mol. The molecule has 78 valence electrons. The molecule has 3 rings (SSSR count). The SMILES string of the molecule is CCC1Cc2cccc3c2N1CCC3=O. The lowest BCUT2D eigenvalue weighted by molar-refractivity contribution is 0.0979. The molecule has 2 nitrogen and oxygen atoms in total. The van der Waals surface area contributed by atoms with Crippen molar-refractivity contribution in [2.24, 2.45) is 0 Å². The fraction of sp³-hybridized carbons (Fsp3) is 0.462. The molecule has 0 aromatic heterocycles. The molecule has 2 aliphatic rings. The second kappa shape index (κ2) is 3.09. The summed E-state index contributed by atoms with van der Waals surface area (Å²) in [6.45, 7) is 3.15. The van der Waals surface area contributed by atoms with Crippen molar-refractivity contribution in [1.82, 2.24) is 0 Å². The van der Waals surface area contributed by atoms with Crippen molar-refractivity contribution in [2.75, 3.05) is 11.4 Å². The lowest BCUT2D eigenvalue weighted by Crippen LogP contribution is -2.36. The van der Waals surface area contributed by atoms with Crippen LogP contribution in [-0.4, -0.2) is 18.4 Å². The molecule has 0 saturated heterocycles. The first kappa shape index (κ1) is 8.96. The van der Waals surface area contributed by atoms with E-state index in [0.717, 1.165) is 18.5 Å². The molecule has 2 heteroatoms. The van der Waals surface area contributed by atoms with Gasteiger partial charge in [0, 0.05) is 24.6 Å². The smallest absolute Gasteiger partial charge is 0.166 e. The third kappa shape index (κ3) is 1.14. The largest absolute Gasteiger partial charge is 0.367 e. The van der Waals surface area contributed by atoms with Crippen LogP contribution in [0.4, 0.5) is 5.69 Å². The van der Waals surface area contributed by atoms with Crippen molar-refractivity contribution in [3.63, 3.8) is 0 Å². The molecule has 1 aromatic carbocycles. The molecule has 0 aliphatic carbocycles. The standard InChI is InChI=1S/C13H15NO/c1-2-10-8-9-4-3-5-11-12(15)6-7-14(10)13(9)11/h3-5,10H,2,6-8H2,1H3. The van der Waals surface area contributed by atoms with Gasteiger partial charge in [-0.05, 0) is 24.5 Å². The topological polar surface area (TPSA) is 20.3 Å². The van der Waals surface area contributed by atoms with Gasteiger partial charge in [0.1, 0.15) is 0 Å². The molecule has 0 fully saturated rings. The fourth-order valence-electron chi connectivity index (χ4n) is 2.88. The highest BCUT2D eigenvalue weighted by Crippen LogP contribution is 2.39. The van der Waals surface area contributed by atoms with Crippen LogP contribution in [0.2, 0.25) is 0 Å². The number of benzene rings is 1. The molecule has 0 amide bonds. The second-order valence-corrected chi connectivity index (χ2v) is 4.45. The number of hydrogen-bond donors (Lipinski definition) is 0. The zero-order chi connectivity index (χ0) is 10.4. The van der Waals surface area contributed by atoms with Gasteiger partial charge in [0.15, 0.2) is 5.78 Å². The Morgan fingerprint density at radius 3 is 3.13 bits per heavy atom. The molecule has 1 aromatic rings. The summed E-state index contributed by atoms with van der Waals surface area (Å²) in [6, 6.07) is 6.79. The summed E-state index contributed by atoms with van der Waals surface area (Å²) in [7, 11) is 0. The molecule has 0 saturated carbocycles. The van der Waals surface area contributed by atoms with E-state index < -0.39 is 0 Å². The first-order valence-corrected chi connectivity index (χ1v) is 5.73. The number of ketones is 1. The summed E-state index contributed by atoms with van der Waals surface area (Å²) in [4.78, 5) is 14.2. The molecule has 1 unspecified atom stereocenters. The zero-order valence-electron chi connectivity index (χ0n) is 8.99. The van der Waals surface area contributed by atoms with Crippen molar-refractivity contribution in [3.8, 4) is 0 Å². The quantitative estimate of drug-likeness (QED) is 0.695. The van der Waals surface area contributed by atoms with Gasteiger partial charge in [-0.25, -0.2) is 0 Å². The second-order valence-electron chi connectivity index (χ2n) is 4.45. The van der Waals surface area contributed by atoms with E-state index >= 15 is 0 Å². The molecular formula is C13H15NO. The van der Waals surface area contributed by atoms with Crippen LogP contribution in [-0.2, 0) is 6.42 Å². The molecule has 0 spiro atoms. The number of hydrogen-bond acceptors (Lipinski definition) is 2. The lowest BCUT2D eigenvalue weighted by atomic mass is 9.99. The van der Waals surface area contributed by atoms with Gasteiger partial charge in [-0.2, -0.15) is 0 Å². The van der Waals surface area contributed by atoms with Crippen LogP contribution in [0.15, 0.2) is 18.2 Å². The average molecular weight is 201 g/mol. The maximum absolute atomic E-state index is 11.8. The third-order valence-corrected chi connectivity index (χ3v) is 3.65. The summed E-state index contributed by atoms with van der Waals surface area (Å²) in [5, 5.41) is 0. The molecule has 1 atom stereocenters. The molecule has 15 heavy (non-hydrogen) atoms. The van der Waals surface area contributed by atoms with Crippen LogP contribution in [0.25, 0.3) is 0 Å². The molecule has 0 bridgehead atoms. The number of rotatable bonds is 1. The number of carbonyl (C=O) groups is 1. The molecule has 0 radical (unpaired) electrons. The van der Waals surface area contributed by atoms with Crippen molar-refractivity contribution >= 4 is 11.5 Å². The minimum Gasteiger partial charge on any atom is -0.367 e. The van der Waals surface area contributed by atoms with E-state index in [1.807, 2.05) is 12.1 Å². The summed E-state index contributed by atoms with van der Waals surface area (Å²) in [5.74, 6) is 0.319. The highest BCUT2D eigenvalue weighted by Gasteiger charge is 2.34. The first-order valence-electron chi connectivity index (χ1n) is 5.73. The lowest BCUT2D eigenvalue weighted by Gasteiger charge is -2.31. The maximum atomic E-state index is 11.8.